The van der Waals surface area contributed by atoms with Gasteiger partial charge >= 0.3 is 0 Å². The standard InChI is InChI=1S/C33H32F2N8O/c1-3-16-41(17-4-2)33(44)31-11-8-23(19-42(31)20-26-27(34)6-5-7-28(26)35)30-21-43(40-38-30)24-9-10-29-25(18-24)32(39-37-29)22-12-14-36-15-13-22/h3-7,9-10,12-15,18,21,23,31H,1-2,8,11,16-17,19-20H2,(H,37,39)/t23-,31+/m1/s1. The third kappa shape index (κ3) is 5.78. The number of halogens is 2. The molecule has 1 saturated heterocycles. The van der Waals surface area contributed by atoms with Crippen LogP contribution in [-0.2, 0) is 11.3 Å². The van der Waals surface area contributed by atoms with Gasteiger partial charge in [-0.2, -0.15) is 5.10 Å². The van der Waals surface area contributed by atoms with Crippen LogP contribution in [0.1, 0.15) is 30.0 Å². The van der Waals surface area contributed by atoms with Gasteiger partial charge in [-0.05, 0) is 55.3 Å². The monoisotopic (exact) mass is 594 g/mol. The van der Waals surface area contributed by atoms with Crippen molar-refractivity contribution in [3.8, 4) is 16.9 Å². The highest BCUT2D eigenvalue weighted by atomic mass is 19.1. The third-order valence-corrected chi connectivity index (χ3v) is 8.10. The largest absolute Gasteiger partial charge is 0.334 e. The molecule has 0 aliphatic carbocycles. The first-order valence-corrected chi connectivity index (χ1v) is 14.5. The van der Waals surface area contributed by atoms with Crippen molar-refractivity contribution in [2.75, 3.05) is 19.6 Å². The zero-order valence-corrected chi connectivity index (χ0v) is 24.1. The maximum Gasteiger partial charge on any atom is 0.240 e. The first-order valence-electron chi connectivity index (χ1n) is 14.5. The average molecular weight is 595 g/mol. The summed E-state index contributed by atoms with van der Waals surface area (Å²) in [6, 6.07) is 13.0. The van der Waals surface area contributed by atoms with Gasteiger partial charge < -0.3 is 4.90 Å². The summed E-state index contributed by atoms with van der Waals surface area (Å²) >= 11 is 0. The average Bonchev–Trinajstić information content (AvgIpc) is 3.71. The lowest BCUT2D eigenvalue weighted by atomic mass is 9.89. The summed E-state index contributed by atoms with van der Waals surface area (Å²) in [6.45, 7) is 8.57. The fourth-order valence-electron chi connectivity index (χ4n) is 5.87. The smallest absolute Gasteiger partial charge is 0.240 e. The maximum atomic E-state index is 14.7. The maximum absolute atomic E-state index is 14.7. The van der Waals surface area contributed by atoms with Gasteiger partial charge in [-0.25, -0.2) is 13.5 Å². The third-order valence-electron chi connectivity index (χ3n) is 8.10. The molecule has 9 nitrogen and oxygen atoms in total. The molecule has 3 aromatic heterocycles. The Kier molecular flexibility index (Phi) is 8.38. The summed E-state index contributed by atoms with van der Waals surface area (Å²) in [5, 5.41) is 17.4. The molecular formula is C33H32F2N8O. The minimum atomic E-state index is -0.640. The van der Waals surface area contributed by atoms with Crippen molar-refractivity contribution in [3.63, 3.8) is 0 Å². The molecule has 0 radical (unpaired) electrons. The molecular weight excluding hydrogens is 562 g/mol. The number of hydrogen-bond donors (Lipinski definition) is 1. The number of nitrogens with zero attached hydrogens (tertiary/aromatic N) is 7. The number of pyridine rings is 1. The molecule has 11 heteroatoms. The second kappa shape index (κ2) is 12.7. The van der Waals surface area contributed by atoms with Crippen molar-refractivity contribution in [1.29, 1.82) is 0 Å². The highest BCUT2D eigenvalue weighted by Crippen LogP contribution is 2.33. The van der Waals surface area contributed by atoms with E-state index in [1.807, 2.05) is 41.4 Å². The number of aromatic nitrogens is 6. The first kappa shape index (κ1) is 29.1. The SMILES string of the molecule is C=CCN(CC=C)C(=O)[C@@H]1CC[C@@H](c2cn(-c3ccc4[nH]nc(-c5ccncc5)c4c3)nn2)CN1Cc1c(F)cccc1F. The molecule has 1 fully saturated rings. The molecule has 4 heterocycles. The zero-order valence-electron chi connectivity index (χ0n) is 24.1. The van der Waals surface area contributed by atoms with Crippen LogP contribution in [0.25, 0.3) is 27.8 Å². The Labute approximate surface area is 253 Å². The van der Waals surface area contributed by atoms with E-state index in [9.17, 15) is 13.6 Å². The zero-order chi connectivity index (χ0) is 30.6. The van der Waals surface area contributed by atoms with E-state index < -0.39 is 17.7 Å². The van der Waals surface area contributed by atoms with Crippen LogP contribution in [0, 0.1) is 11.6 Å². The quantitative estimate of drug-likeness (QED) is 0.217. The molecule has 5 aromatic rings. The topological polar surface area (TPSA) is 95.8 Å². The van der Waals surface area contributed by atoms with Crippen LogP contribution >= 0.6 is 0 Å². The summed E-state index contributed by atoms with van der Waals surface area (Å²) in [5.74, 6) is -1.50. The summed E-state index contributed by atoms with van der Waals surface area (Å²) in [5.41, 5.74) is 4.14. The van der Waals surface area contributed by atoms with Gasteiger partial charge in [0.05, 0.1) is 29.1 Å². The molecule has 1 aliphatic heterocycles. The lowest BCUT2D eigenvalue weighted by Crippen LogP contribution is -2.52. The Morgan fingerprint density at radius 3 is 2.52 bits per heavy atom. The van der Waals surface area contributed by atoms with Crippen molar-refractivity contribution in [2.24, 2.45) is 0 Å². The number of hydrogen-bond acceptors (Lipinski definition) is 6. The van der Waals surface area contributed by atoms with Crippen LogP contribution in [0.3, 0.4) is 0 Å². The molecule has 44 heavy (non-hydrogen) atoms. The summed E-state index contributed by atoms with van der Waals surface area (Å²) in [4.78, 5) is 21.3. The van der Waals surface area contributed by atoms with E-state index in [4.69, 9.17) is 0 Å². The Balaban J connectivity index is 1.28. The van der Waals surface area contributed by atoms with Gasteiger partial charge in [0.15, 0.2) is 0 Å². The highest BCUT2D eigenvalue weighted by Gasteiger charge is 2.37. The number of likely N-dealkylation sites (tertiary alicyclic amines) is 1. The molecule has 1 aliphatic rings. The molecule has 6 rings (SSSR count). The van der Waals surface area contributed by atoms with Crippen molar-refractivity contribution in [3.05, 3.63) is 115 Å². The molecule has 2 atom stereocenters. The van der Waals surface area contributed by atoms with Crippen LogP contribution < -0.4 is 0 Å². The van der Waals surface area contributed by atoms with E-state index in [0.717, 1.165) is 33.5 Å². The number of carbonyl (C=O) groups is 1. The predicted molar refractivity (Wildman–Crippen MR) is 164 cm³/mol. The molecule has 2 aromatic carbocycles. The van der Waals surface area contributed by atoms with Crippen LogP contribution in [-0.4, -0.2) is 71.6 Å². The number of benzene rings is 2. The van der Waals surface area contributed by atoms with E-state index in [0.29, 0.717) is 32.5 Å². The summed E-state index contributed by atoms with van der Waals surface area (Å²) in [7, 11) is 0. The molecule has 0 spiro atoms. The highest BCUT2D eigenvalue weighted by molar-refractivity contribution is 5.94. The Hall–Kier alpha value is -5.03. The summed E-state index contributed by atoms with van der Waals surface area (Å²) < 4.78 is 31.2. The van der Waals surface area contributed by atoms with E-state index >= 15 is 0 Å². The van der Waals surface area contributed by atoms with Gasteiger partial charge in [-0.3, -0.25) is 19.8 Å². The van der Waals surface area contributed by atoms with E-state index in [2.05, 4.69) is 38.7 Å². The molecule has 0 bridgehead atoms. The van der Waals surface area contributed by atoms with Crippen molar-refractivity contribution in [2.45, 2.75) is 31.3 Å². The number of fused-ring (bicyclic) bond motifs is 1. The number of H-pyrrole nitrogens is 1. The minimum Gasteiger partial charge on any atom is -0.334 e. The predicted octanol–water partition coefficient (Wildman–Crippen LogP) is 5.43. The van der Waals surface area contributed by atoms with Gasteiger partial charge in [0.25, 0.3) is 0 Å². The second-order valence-electron chi connectivity index (χ2n) is 10.9. The van der Waals surface area contributed by atoms with E-state index in [1.54, 1.807) is 34.1 Å². The first-order chi connectivity index (χ1) is 21.5. The van der Waals surface area contributed by atoms with Gasteiger partial charge in [0, 0.05) is 61.0 Å². The molecule has 0 unspecified atom stereocenters. The normalized spacial score (nSPS) is 17.0. The van der Waals surface area contributed by atoms with Crippen LogP contribution in [0.2, 0.25) is 0 Å². The fourth-order valence-corrected chi connectivity index (χ4v) is 5.87. The molecule has 1 N–H and O–H groups in total. The minimum absolute atomic E-state index is 0.0511. The number of aromatic amines is 1. The molecule has 0 saturated carbocycles. The van der Waals surface area contributed by atoms with Gasteiger partial charge in [0.2, 0.25) is 5.91 Å². The van der Waals surface area contributed by atoms with E-state index in [-0.39, 0.29) is 23.9 Å². The van der Waals surface area contributed by atoms with Gasteiger partial charge in [0.1, 0.15) is 17.3 Å². The van der Waals surface area contributed by atoms with Crippen molar-refractivity contribution >= 4 is 16.8 Å². The number of rotatable bonds is 10. The number of piperidine rings is 1. The molecule has 1 amide bonds. The van der Waals surface area contributed by atoms with Crippen LogP contribution in [0.4, 0.5) is 8.78 Å². The fraction of sp³-hybridized carbons (Fsp3) is 0.242. The summed E-state index contributed by atoms with van der Waals surface area (Å²) in [6.07, 6.45) is 9.81. The lowest BCUT2D eigenvalue weighted by Gasteiger charge is -2.40. The Morgan fingerprint density at radius 1 is 1.05 bits per heavy atom. The van der Waals surface area contributed by atoms with Crippen molar-refractivity contribution in [1.82, 2.24) is 40.0 Å². The van der Waals surface area contributed by atoms with Gasteiger partial charge in [-0.1, -0.05) is 23.4 Å². The number of carbonyl (C=O) groups excluding carboxylic acids is 1. The van der Waals surface area contributed by atoms with E-state index in [1.165, 1.54) is 18.2 Å². The lowest BCUT2D eigenvalue weighted by molar-refractivity contribution is -0.137. The Bertz CT molecular complexity index is 1770. The van der Waals surface area contributed by atoms with Crippen LogP contribution in [0.5, 0.6) is 0 Å². The van der Waals surface area contributed by atoms with Crippen molar-refractivity contribution < 1.29 is 13.6 Å². The number of amides is 1. The number of nitrogens with one attached hydrogen (secondary N) is 1. The van der Waals surface area contributed by atoms with Gasteiger partial charge in [-0.15, -0.1) is 18.3 Å². The Morgan fingerprint density at radius 2 is 1.80 bits per heavy atom. The molecule has 224 valence electrons. The van der Waals surface area contributed by atoms with Crippen LogP contribution in [0.15, 0.2) is 92.4 Å². The second-order valence-corrected chi connectivity index (χ2v) is 10.9.